The van der Waals surface area contributed by atoms with Crippen molar-refractivity contribution >= 4 is 5.69 Å². The molecule has 0 aromatic heterocycles. The molecule has 0 radical (unpaired) electrons. The minimum Gasteiger partial charge on any atom is -0.393 e. The maximum Gasteiger partial charge on any atom is 0.0552 e. The number of benzene rings is 1. The van der Waals surface area contributed by atoms with Crippen molar-refractivity contribution in [3.05, 3.63) is 29.8 Å². The second-order valence-electron chi connectivity index (χ2n) is 7.80. The van der Waals surface area contributed by atoms with Gasteiger partial charge in [0.15, 0.2) is 0 Å². The van der Waals surface area contributed by atoms with Gasteiger partial charge in [-0.1, -0.05) is 18.2 Å². The van der Waals surface area contributed by atoms with E-state index in [2.05, 4.69) is 53.1 Å². The third kappa shape index (κ3) is 4.11. The molecular formula is C20H33N3O. The Morgan fingerprint density at radius 1 is 1.17 bits per heavy atom. The van der Waals surface area contributed by atoms with Crippen LogP contribution < -0.4 is 4.90 Å². The van der Waals surface area contributed by atoms with Crippen LogP contribution in [0.4, 0.5) is 5.69 Å². The van der Waals surface area contributed by atoms with E-state index < -0.39 is 0 Å². The zero-order valence-corrected chi connectivity index (χ0v) is 15.5. The molecule has 2 atom stereocenters. The molecule has 0 amide bonds. The highest BCUT2D eigenvalue weighted by Gasteiger charge is 2.27. The third-order valence-corrected chi connectivity index (χ3v) is 5.99. The summed E-state index contributed by atoms with van der Waals surface area (Å²) >= 11 is 0. The average Bonchev–Trinajstić information content (AvgIpc) is 3.04. The number of aliphatic hydroxyl groups is 1. The van der Waals surface area contributed by atoms with E-state index in [9.17, 15) is 5.11 Å². The molecule has 4 nitrogen and oxygen atoms in total. The first-order valence-electron chi connectivity index (χ1n) is 9.44. The highest BCUT2D eigenvalue weighted by atomic mass is 16.3. The summed E-state index contributed by atoms with van der Waals surface area (Å²) in [7, 11) is 4.48. The first-order valence-corrected chi connectivity index (χ1v) is 9.44. The summed E-state index contributed by atoms with van der Waals surface area (Å²) in [5.41, 5.74) is 2.80. The Labute approximate surface area is 147 Å². The van der Waals surface area contributed by atoms with Crippen molar-refractivity contribution in [2.24, 2.45) is 5.92 Å². The quantitative estimate of drug-likeness (QED) is 0.897. The first-order chi connectivity index (χ1) is 11.5. The lowest BCUT2D eigenvalue weighted by Gasteiger charge is -2.37. The van der Waals surface area contributed by atoms with Crippen molar-refractivity contribution < 1.29 is 5.11 Å². The van der Waals surface area contributed by atoms with E-state index >= 15 is 0 Å². The topological polar surface area (TPSA) is 30.0 Å². The zero-order chi connectivity index (χ0) is 17.1. The molecule has 24 heavy (non-hydrogen) atoms. The van der Waals surface area contributed by atoms with Gasteiger partial charge in [-0.05, 0) is 70.4 Å². The summed E-state index contributed by atoms with van der Waals surface area (Å²) in [5.74, 6) is 0.434. The third-order valence-electron chi connectivity index (χ3n) is 5.99. The summed E-state index contributed by atoms with van der Waals surface area (Å²) in [6.45, 7) is 7.43. The summed E-state index contributed by atoms with van der Waals surface area (Å²) in [4.78, 5) is 7.43. The van der Waals surface area contributed by atoms with Gasteiger partial charge in [-0.3, -0.25) is 4.90 Å². The molecule has 0 bridgehead atoms. The molecule has 2 heterocycles. The van der Waals surface area contributed by atoms with Gasteiger partial charge in [-0.2, -0.15) is 0 Å². The number of piperidine rings is 1. The lowest BCUT2D eigenvalue weighted by molar-refractivity contribution is 0.127. The molecule has 2 fully saturated rings. The van der Waals surface area contributed by atoms with Crippen LogP contribution in [0.1, 0.15) is 31.7 Å². The van der Waals surface area contributed by atoms with Crippen molar-refractivity contribution in [3.8, 4) is 0 Å². The van der Waals surface area contributed by atoms with E-state index in [1.165, 1.54) is 37.2 Å². The van der Waals surface area contributed by atoms with Gasteiger partial charge in [0.1, 0.15) is 0 Å². The SMILES string of the molecule is CC(O)C1CCN(Cc2ccccc2N(C)C2CCN(C)CC2)C1. The summed E-state index contributed by atoms with van der Waals surface area (Å²) < 4.78 is 0. The van der Waals surface area contributed by atoms with Crippen LogP contribution in [0.15, 0.2) is 24.3 Å². The van der Waals surface area contributed by atoms with Gasteiger partial charge in [-0.25, -0.2) is 0 Å². The number of nitrogens with zero attached hydrogens (tertiary/aromatic N) is 3. The number of para-hydroxylation sites is 1. The molecule has 1 aromatic carbocycles. The van der Waals surface area contributed by atoms with Gasteiger partial charge in [0.25, 0.3) is 0 Å². The predicted molar refractivity (Wildman–Crippen MR) is 100 cm³/mol. The van der Waals surface area contributed by atoms with Crippen LogP contribution in [0.3, 0.4) is 0 Å². The molecule has 2 unspecified atom stereocenters. The highest BCUT2D eigenvalue weighted by Crippen LogP contribution is 2.28. The molecule has 0 aliphatic carbocycles. The van der Waals surface area contributed by atoms with Crippen molar-refractivity contribution in [2.45, 2.75) is 44.9 Å². The van der Waals surface area contributed by atoms with Crippen LogP contribution in [-0.4, -0.2) is 67.3 Å². The largest absolute Gasteiger partial charge is 0.393 e. The van der Waals surface area contributed by atoms with Crippen LogP contribution in [0.5, 0.6) is 0 Å². The molecule has 2 saturated heterocycles. The van der Waals surface area contributed by atoms with Crippen LogP contribution >= 0.6 is 0 Å². The normalized spacial score (nSPS) is 25.1. The van der Waals surface area contributed by atoms with Crippen molar-refractivity contribution in [1.29, 1.82) is 0 Å². The van der Waals surface area contributed by atoms with E-state index in [4.69, 9.17) is 0 Å². The minimum absolute atomic E-state index is 0.188. The van der Waals surface area contributed by atoms with E-state index in [1.54, 1.807) is 0 Å². The molecule has 0 spiro atoms. The number of anilines is 1. The number of rotatable bonds is 5. The second-order valence-corrected chi connectivity index (χ2v) is 7.80. The summed E-state index contributed by atoms with van der Waals surface area (Å²) in [6.07, 6.45) is 3.42. The second kappa shape index (κ2) is 7.85. The van der Waals surface area contributed by atoms with E-state index in [-0.39, 0.29) is 6.10 Å². The van der Waals surface area contributed by atoms with Crippen LogP contribution in [0, 0.1) is 5.92 Å². The zero-order valence-electron chi connectivity index (χ0n) is 15.5. The Hall–Kier alpha value is -1.10. The molecule has 134 valence electrons. The lowest BCUT2D eigenvalue weighted by Crippen LogP contribution is -2.42. The van der Waals surface area contributed by atoms with E-state index in [0.29, 0.717) is 12.0 Å². The van der Waals surface area contributed by atoms with Crippen molar-refractivity contribution in [2.75, 3.05) is 45.2 Å². The number of likely N-dealkylation sites (tertiary alicyclic amines) is 2. The Morgan fingerprint density at radius 2 is 1.88 bits per heavy atom. The standard InChI is InChI=1S/C20H33N3O/c1-16(24)17-8-13-23(14-17)15-18-6-4-5-7-20(18)22(3)19-9-11-21(2)12-10-19/h4-7,16-17,19,24H,8-15H2,1-3H3. The summed E-state index contributed by atoms with van der Waals surface area (Å²) in [5, 5.41) is 9.83. The smallest absolute Gasteiger partial charge is 0.0552 e. The molecular weight excluding hydrogens is 298 g/mol. The Kier molecular flexibility index (Phi) is 5.80. The van der Waals surface area contributed by atoms with E-state index in [0.717, 1.165) is 26.1 Å². The highest BCUT2D eigenvalue weighted by molar-refractivity contribution is 5.54. The predicted octanol–water partition coefficient (Wildman–Crippen LogP) is 2.42. The Balaban J connectivity index is 1.67. The fourth-order valence-corrected chi connectivity index (χ4v) is 4.21. The van der Waals surface area contributed by atoms with Crippen molar-refractivity contribution in [1.82, 2.24) is 9.80 Å². The van der Waals surface area contributed by atoms with Crippen LogP contribution in [0.2, 0.25) is 0 Å². The van der Waals surface area contributed by atoms with Crippen molar-refractivity contribution in [3.63, 3.8) is 0 Å². The number of hydrogen-bond acceptors (Lipinski definition) is 4. The van der Waals surface area contributed by atoms with Gasteiger partial charge in [0, 0.05) is 31.9 Å². The maximum atomic E-state index is 9.83. The van der Waals surface area contributed by atoms with Crippen LogP contribution in [0.25, 0.3) is 0 Å². The Bertz CT molecular complexity index is 525. The monoisotopic (exact) mass is 331 g/mol. The number of hydrogen-bond donors (Lipinski definition) is 1. The van der Waals surface area contributed by atoms with Crippen LogP contribution in [-0.2, 0) is 6.54 Å². The van der Waals surface area contributed by atoms with Gasteiger partial charge in [0.05, 0.1) is 6.10 Å². The average molecular weight is 332 g/mol. The first kappa shape index (κ1) is 17.7. The fourth-order valence-electron chi connectivity index (χ4n) is 4.21. The molecule has 4 heteroatoms. The molecule has 0 saturated carbocycles. The molecule has 3 rings (SSSR count). The lowest BCUT2D eigenvalue weighted by atomic mass is 10.0. The van der Waals surface area contributed by atoms with Gasteiger partial charge in [-0.15, -0.1) is 0 Å². The fraction of sp³-hybridized carbons (Fsp3) is 0.700. The van der Waals surface area contributed by atoms with Gasteiger partial charge >= 0.3 is 0 Å². The molecule has 1 aromatic rings. The van der Waals surface area contributed by atoms with Gasteiger partial charge in [0.2, 0.25) is 0 Å². The number of aliphatic hydroxyl groups excluding tert-OH is 1. The Morgan fingerprint density at radius 3 is 2.54 bits per heavy atom. The maximum absolute atomic E-state index is 9.83. The van der Waals surface area contributed by atoms with E-state index in [1.807, 2.05) is 6.92 Å². The minimum atomic E-state index is -0.188. The molecule has 2 aliphatic heterocycles. The van der Waals surface area contributed by atoms with Gasteiger partial charge < -0.3 is 14.9 Å². The molecule has 2 aliphatic rings. The summed E-state index contributed by atoms with van der Waals surface area (Å²) in [6, 6.07) is 9.51. The molecule has 1 N–H and O–H groups in total.